The van der Waals surface area contributed by atoms with Gasteiger partial charge in [0.1, 0.15) is 0 Å². The van der Waals surface area contributed by atoms with Gasteiger partial charge in [-0.3, -0.25) is 0 Å². The highest BCUT2D eigenvalue weighted by molar-refractivity contribution is 7.99. The Morgan fingerprint density at radius 3 is 1.53 bits per heavy atom. The van der Waals surface area contributed by atoms with E-state index in [2.05, 4.69) is 11.9 Å². The molecule has 2 saturated heterocycles. The third-order valence-corrected chi connectivity index (χ3v) is 2.89. The molecule has 0 aromatic rings. The molecule has 0 aromatic heterocycles. The third-order valence-electron chi connectivity index (χ3n) is 1.98. The van der Waals surface area contributed by atoms with Crippen molar-refractivity contribution in [1.29, 1.82) is 0 Å². The van der Waals surface area contributed by atoms with Gasteiger partial charge in [-0.05, 0) is 7.05 Å². The minimum Gasteiger partial charge on any atom is -0.380 e. The summed E-state index contributed by atoms with van der Waals surface area (Å²) in [5.41, 5.74) is 0. The van der Waals surface area contributed by atoms with Gasteiger partial charge in [-0.2, -0.15) is 11.8 Å². The first-order valence-corrected chi connectivity index (χ1v) is 5.97. The molecule has 6 heteroatoms. The molecular weight excluding hydrogens is 208 g/mol. The van der Waals surface area contributed by atoms with Crippen molar-refractivity contribution in [2.45, 2.75) is 0 Å². The highest BCUT2D eigenvalue weighted by atomic mass is 32.2. The molecule has 0 atom stereocenters. The Labute approximate surface area is 101 Å². The standard InChI is InChI=1S/C5H11NO.C4H8OS.2BH3/c1-6-2-4-7-5-3-6;1-3-6-4-2-5-1;;/h2-5H2,1H3;1-4H2;2*1H3. The zero-order chi connectivity index (χ0) is 9.36. The number of thioether (sulfide) groups is 1. The molecule has 2 rings (SSSR count). The zero-order valence-electron chi connectivity index (χ0n) is 8.33. The average molecular weight is 233 g/mol. The fourth-order valence-corrected chi connectivity index (χ4v) is 1.77. The summed E-state index contributed by atoms with van der Waals surface area (Å²) in [6, 6.07) is 0. The van der Waals surface area contributed by atoms with Gasteiger partial charge in [0.15, 0.2) is 0 Å². The van der Waals surface area contributed by atoms with Gasteiger partial charge in [0, 0.05) is 24.6 Å². The molecule has 0 radical (unpaired) electrons. The molecule has 0 aliphatic carbocycles. The molecule has 3 nitrogen and oxygen atoms in total. The Bertz CT molecular complexity index is 111. The summed E-state index contributed by atoms with van der Waals surface area (Å²) in [5, 5.41) is 0. The second-order valence-corrected chi connectivity index (χ2v) is 4.37. The van der Waals surface area contributed by atoms with Crippen LogP contribution in [0.15, 0.2) is 0 Å². The van der Waals surface area contributed by atoms with Crippen LogP contribution in [0.4, 0.5) is 0 Å². The topological polar surface area (TPSA) is 21.7 Å². The second kappa shape index (κ2) is 12.4. The van der Waals surface area contributed by atoms with Crippen molar-refractivity contribution in [1.82, 2.24) is 4.90 Å². The van der Waals surface area contributed by atoms with Gasteiger partial charge in [0.05, 0.1) is 43.3 Å². The first kappa shape index (κ1) is 17.7. The smallest absolute Gasteiger partial charge is 0.0814 e. The number of nitrogens with zero attached hydrogens (tertiary/aromatic N) is 1. The van der Waals surface area contributed by atoms with E-state index >= 15 is 0 Å². The summed E-state index contributed by atoms with van der Waals surface area (Å²) < 4.78 is 10.1. The molecule has 0 saturated carbocycles. The van der Waals surface area contributed by atoms with Crippen molar-refractivity contribution in [2.24, 2.45) is 0 Å². The molecule has 2 aliphatic heterocycles. The lowest BCUT2D eigenvalue weighted by Crippen LogP contribution is -2.32. The van der Waals surface area contributed by atoms with Crippen molar-refractivity contribution in [3.8, 4) is 0 Å². The summed E-state index contributed by atoms with van der Waals surface area (Å²) in [6.07, 6.45) is 0. The SMILES string of the molecule is B.B.C1CSCCO1.CN1CCOCC1. The molecule has 15 heavy (non-hydrogen) atoms. The van der Waals surface area contributed by atoms with E-state index in [-0.39, 0.29) is 16.8 Å². The Hall–Kier alpha value is 0.360. The molecule has 0 bridgehead atoms. The van der Waals surface area contributed by atoms with Crippen LogP contribution in [-0.2, 0) is 9.47 Å². The molecule has 0 spiro atoms. The molecule has 90 valence electrons. The first-order chi connectivity index (χ1) is 6.39. The number of morpholine rings is 1. The van der Waals surface area contributed by atoms with Gasteiger partial charge in [-0.15, -0.1) is 0 Å². The van der Waals surface area contributed by atoms with Crippen LogP contribution < -0.4 is 0 Å². The van der Waals surface area contributed by atoms with E-state index in [9.17, 15) is 0 Å². The monoisotopic (exact) mass is 233 g/mol. The fraction of sp³-hybridized carbons (Fsp3) is 1.00. The van der Waals surface area contributed by atoms with Crippen molar-refractivity contribution >= 4 is 28.6 Å². The molecule has 2 heterocycles. The molecule has 0 N–H and O–H groups in total. The van der Waals surface area contributed by atoms with Crippen LogP contribution in [-0.4, -0.2) is 79.8 Å². The highest BCUT2D eigenvalue weighted by Gasteiger charge is 2.02. The highest BCUT2D eigenvalue weighted by Crippen LogP contribution is 2.03. The van der Waals surface area contributed by atoms with Gasteiger partial charge in [-0.1, -0.05) is 0 Å². The summed E-state index contributed by atoms with van der Waals surface area (Å²) >= 11 is 1.97. The lowest BCUT2D eigenvalue weighted by molar-refractivity contribution is 0.0503. The van der Waals surface area contributed by atoms with Crippen LogP contribution in [0.5, 0.6) is 0 Å². The Kier molecular flexibility index (Phi) is 14.7. The van der Waals surface area contributed by atoms with Crippen LogP contribution in [0.1, 0.15) is 0 Å². The molecule has 2 aliphatic rings. The van der Waals surface area contributed by atoms with E-state index in [4.69, 9.17) is 9.47 Å². The van der Waals surface area contributed by atoms with Crippen LogP contribution >= 0.6 is 11.8 Å². The van der Waals surface area contributed by atoms with Crippen molar-refractivity contribution < 1.29 is 9.47 Å². The maximum absolute atomic E-state index is 5.10. The Morgan fingerprint density at radius 2 is 1.33 bits per heavy atom. The van der Waals surface area contributed by atoms with E-state index in [1.807, 2.05) is 11.8 Å². The fourth-order valence-electron chi connectivity index (χ4n) is 1.09. The van der Waals surface area contributed by atoms with Crippen LogP contribution in [0.2, 0.25) is 0 Å². The minimum atomic E-state index is 0. The van der Waals surface area contributed by atoms with E-state index in [1.54, 1.807) is 0 Å². The second-order valence-electron chi connectivity index (χ2n) is 3.14. The van der Waals surface area contributed by atoms with E-state index in [0.29, 0.717) is 0 Å². The maximum atomic E-state index is 5.10. The van der Waals surface area contributed by atoms with Crippen LogP contribution in [0, 0.1) is 0 Å². The predicted molar refractivity (Wildman–Crippen MR) is 76.3 cm³/mol. The molecule has 2 fully saturated rings. The molecule has 0 unspecified atom stereocenters. The lowest BCUT2D eigenvalue weighted by atomic mass is 10.5. The van der Waals surface area contributed by atoms with Gasteiger partial charge in [0.2, 0.25) is 0 Å². The van der Waals surface area contributed by atoms with Crippen LogP contribution in [0.25, 0.3) is 0 Å². The Balaban J connectivity index is 0. The largest absolute Gasteiger partial charge is 0.380 e. The van der Waals surface area contributed by atoms with Crippen molar-refractivity contribution in [3.63, 3.8) is 0 Å². The summed E-state index contributed by atoms with van der Waals surface area (Å²) in [7, 11) is 2.11. The van der Waals surface area contributed by atoms with Crippen molar-refractivity contribution in [3.05, 3.63) is 0 Å². The molecule has 0 amide bonds. The normalized spacial score (nSPS) is 21.4. The molecule has 0 aromatic carbocycles. The van der Waals surface area contributed by atoms with Gasteiger partial charge in [0.25, 0.3) is 0 Å². The van der Waals surface area contributed by atoms with Crippen molar-refractivity contribution in [2.75, 3.05) is 58.1 Å². The maximum Gasteiger partial charge on any atom is 0.0814 e. The number of likely N-dealkylation sites (N-methyl/N-ethyl adjacent to an activating group) is 1. The number of rotatable bonds is 0. The lowest BCUT2D eigenvalue weighted by Gasteiger charge is -2.21. The number of ether oxygens (including phenoxy) is 2. The predicted octanol–water partition coefficient (Wildman–Crippen LogP) is -1.67. The van der Waals surface area contributed by atoms with Gasteiger partial charge < -0.3 is 14.4 Å². The van der Waals surface area contributed by atoms with E-state index < -0.39 is 0 Å². The number of hydrogen-bond donors (Lipinski definition) is 0. The quantitative estimate of drug-likeness (QED) is 0.466. The number of hydrogen-bond acceptors (Lipinski definition) is 4. The van der Waals surface area contributed by atoms with Gasteiger partial charge >= 0.3 is 0 Å². The van der Waals surface area contributed by atoms with Crippen LogP contribution in [0.3, 0.4) is 0 Å². The van der Waals surface area contributed by atoms with E-state index in [0.717, 1.165) is 39.5 Å². The summed E-state index contributed by atoms with van der Waals surface area (Å²) in [5.74, 6) is 2.39. The minimum absolute atomic E-state index is 0. The average Bonchev–Trinajstić information content (AvgIpc) is 2.22. The van der Waals surface area contributed by atoms with E-state index in [1.165, 1.54) is 11.5 Å². The Morgan fingerprint density at radius 1 is 0.867 bits per heavy atom. The summed E-state index contributed by atoms with van der Waals surface area (Å²) in [6.45, 7) is 5.95. The first-order valence-electron chi connectivity index (χ1n) is 4.81. The van der Waals surface area contributed by atoms with Gasteiger partial charge in [-0.25, -0.2) is 0 Å². The third kappa shape index (κ3) is 10.6. The molecular formula is C9H25B2NO2S. The zero-order valence-corrected chi connectivity index (χ0v) is 9.15. The summed E-state index contributed by atoms with van der Waals surface area (Å²) in [4.78, 5) is 2.27.